The summed E-state index contributed by atoms with van der Waals surface area (Å²) in [6.45, 7) is 21.5. The first-order chi connectivity index (χ1) is 16.9. The molecule has 0 fully saturated rings. The SMILES string of the molecule is Cc1ccc(P(c2ccc(C)cc2)c2[cH-]ccc2C(C)P(C(C)(C)C)C(C)(C)C)cc1.[Fe+2].c1cc[cH-]c1. The minimum Gasteiger partial charge on any atom is -0.214 e. The second kappa shape index (κ2) is 13.5. The summed E-state index contributed by atoms with van der Waals surface area (Å²) < 4.78 is 0. The van der Waals surface area contributed by atoms with Gasteiger partial charge in [-0.05, 0) is 42.7 Å². The summed E-state index contributed by atoms with van der Waals surface area (Å²) in [6, 6.07) is 35.5. The molecular weight excluding hydrogens is 526 g/mol. The molecule has 0 bridgehead atoms. The Labute approximate surface area is 240 Å². The molecule has 0 aliphatic carbocycles. The van der Waals surface area contributed by atoms with E-state index in [0.717, 1.165) is 0 Å². The summed E-state index contributed by atoms with van der Waals surface area (Å²) in [5, 5.41) is 5.03. The molecule has 0 aromatic heterocycles. The second-order valence-electron chi connectivity index (χ2n) is 11.7. The number of aryl methyl sites for hydroxylation is 2. The molecule has 4 aromatic rings. The van der Waals surface area contributed by atoms with Crippen molar-refractivity contribution in [3.05, 3.63) is 114 Å². The molecule has 0 N–H and O–H groups in total. The molecule has 0 saturated carbocycles. The fraction of sp³-hybridized carbons (Fsp3) is 0.353. The average Bonchev–Trinajstić information content (AvgIpc) is 3.50. The third kappa shape index (κ3) is 8.50. The van der Waals surface area contributed by atoms with Crippen LogP contribution in [0.3, 0.4) is 0 Å². The summed E-state index contributed by atoms with van der Waals surface area (Å²) in [5.41, 5.74) is 4.76. The molecule has 0 heterocycles. The van der Waals surface area contributed by atoms with E-state index in [0.29, 0.717) is 16.0 Å². The molecule has 4 rings (SSSR count). The van der Waals surface area contributed by atoms with E-state index in [-0.39, 0.29) is 25.0 Å². The topological polar surface area (TPSA) is 0 Å². The van der Waals surface area contributed by atoms with E-state index in [1.807, 2.05) is 30.3 Å². The largest absolute Gasteiger partial charge is 2.00 e. The van der Waals surface area contributed by atoms with Crippen molar-refractivity contribution in [1.29, 1.82) is 0 Å². The predicted molar refractivity (Wildman–Crippen MR) is 167 cm³/mol. The van der Waals surface area contributed by atoms with E-state index in [2.05, 4.69) is 129 Å². The van der Waals surface area contributed by atoms with Crippen molar-refractivity contribution in [2.24, 2.45) is 0 Å². The monoisotopic (exact) mass is 570 g/mol. The molecule has 198 valence electrons. The quantitative estimate of drug-likeness (QED) is 0.127. The maximum absolute atomic E-state index is 2.48. The van der Waals surface area contributed by atoms with Gasteiger partial charge in [-0.25, -0.2) is 18.2 Å². The van der Waals surface area contributed by atoms with Crippen LogP contribution in [0.4, 0.5) is 0 Å². The van der Waals surface area contributed by atoms with E-state index >= 15 is 0 Å². The molecular formula is C34H44FeP2. The van der Waals surface area contributed by atoms with Gasteiger partial charge in [0.25, 0.3) is 0 Å². The van der Waals surface area contributed by atoms with Gasteiger partial charge in [-0.2, -0.15) is 35.9 Å². The minimum atomic E-state index is -0.573. The average molecular weight is 571 g/mol. The summed E-state index contributed by atoms with van der Waals surface area (Å²) in [7, 11) is -0.806. The van der Waals surface area contributed by atoms with Gasteiger partial charge < -0.3 is 0 Å². The fourth-order valence-electron chi connectivity index (χ4n) is 5.42. The van der Waals surface area contributed by atoms with Gasteiger partial charge in [-0.1, -0.05) is 114 Å². The smallest absolute Gasteiger partial charge is 0.214 e. The van der Waals surface area contributed by atoms with Crippen molar-refractivity contribution in [3.8, 4) is 0 Å². The molecule has 1 atom stereocenters. The normalized spacial score (nSPS) is 12.6. The van der Waals surface area contributed by atoms with Gasteiger partial charge in [0.1, 0.15) is 0 Å². The van der Waals surface area contributed by atoms with Gasteiger partial charge in [0.2, 0.25) is 0 Å². The summed E-state index contributed by atoms with van der Waals surface area (Å²) in [6.07, 6.45) is 0. The van der Waals surface area contributed by atoms with Crippen LogP contribution in [0.25, 0.3) is 0 Å². The third-order valence-electron chi connectivity index (χ3n) is 6.49. The number of rotatable bonds is 5. The van der Waals surface area contributed by atoms with Crippen LogP contribution >= 0.6 is 15.8 Å². The first kappa shape index (κ1) is 31.7. The van der Waals surface area contributed by atoms with Gasteiger partial charge in [-0.3, -0.25) is 0 Å². The van der Waals surface area contributed by atoms with Crippen molar-refractivity contribution in [3.63, 3.8) is 0 Å². The number of hydrogen-bond acceptors (Lipinski definition) is 0. The Morgan fingerprint density at radius 3 is 1.43 bits per heavy atom. The van der Waals surface area contributed by atoms with Crippen LogP contribution in [0.5, 0.6) is 0 Å². The van der Waals surface area contributed by atoms with Gasteiger partial charge in [0, 0.05) is 0 Å². The fourth-order valence-corrected chi connectivity index (χ4v) is 12.9. The van der Waals surface area contributed by atoms with E-state index in [4.69, 9.17) is 0 Å². The molecule has 0 saturated heterocycles. The van der Waals surface area contributed by atoms with Gasteiger partial charge in [-0.15, -0.1) is 13.2 Å². The van der Waals surface area contributed by atoms with Crippen LogP contribution in [0.1, 0.15) is 70.8 Å². The molecule has 0 nitrogen and oxygen atoms in total. The Morgan fingerprint density at radius 2 is 1.08 bits per heavy atom. The summed E-state index contributed by atoms with van der Waals surface area (Å²) >= 11 is 0. The second-order valence-corrected chi connectivity index (χ2v) is 18.1. The van der Waals surface area contributed by atoms with E-state index in [1.165, 1.54) is 27.0 Å². The summed E-state index contributed by atoms with van der Waals surface area (Å²) in [4.78, 5) is 0. The van der Waals surface area contributed by atoms with Crippen molar-refractivity contribution < 1.29 is 17.1 Å². The van der Waals surface area contributed by atoms with Gasteiger partial charge >= 0.3 is 17.1 Å². The molecule has 1 unspecified atom stereocenters. The molecule has 0 aliphatic rings. The zero-order valence-electron chi connectivity index (χ0n) is 24.1. The molecule has 0 amide bonds. The van der Waals surface area contributed by atoms with E-state index in [9.17, 15) is 0 Å². The zero-order chi connectivity index (χ0) is 26.5. The molecule has 4 aromatic carbocycles. The molecule has 3 heteroatoms. The third-order valence-corrected chi connectivity index (χ3v) is 13.0. The van der Waals surface area contributed by atoms with Crippen LogP contribution < -0.4 is 15.9 Å². The van der Waals surface area contributed by atoms with E-state index in [1.54, 1.807) is 5.56 Å². The Morgan fingerprint density at radius 1 is 0.649 bits per heavy atom. The van der Waals surface area contributed by atoms with Crippen LogP contribution in [0.2, 0.25) is 0 Å². The van der Waals surface area contributed by atoms with Crippen molar-refractivity contribution in [2.45, 2.75) is 78.3 Å². The summed E-state index contributed by atoms with van der Waals surface area (Å²) in [5.74, 6) is 0. The Kier molecular flexibility index (Phi) is 11.6. The molecule has 37 heavy (non-hydrogen) atoms. The number of benzene rings is 2. The maximum Gasteiger partial charge on any atom is 2.00 e. The van der Waals surface area contributed by atoms with Gasteiger partial charge in [0.05, 0.1) is 0 Å². The van der Waals surface area contributed by atoms with Crippen molar-refractivity contribution in [2.75, 3.05) is 0 Å². The number of hydrogen-bond donors (Lipinski definition) is 0. The van der Waals surface area contributed by atoms with Crippen LogP contribution in [-0.2, 0) is 17.1 Å². The Bertz CT molecular complexity index is 1090. The van der Waals surface area contributed by atoms with Crippen molar-refractivity contribution in [1.82, 2.24) is 0 Å². The van der Waals surface area contributed by atoms with E-state index < -0.39 is 7.92 Å². The molecule has 0 spiro atoms. The maximum atomic E-state index is 2.48. The van der Waals surface area contributed by atoms with Gasteiger partial charge in [0.15, 0.2) is 0 Å². The minimum absolute atomic E-state index is 0. The standard InChI is InChI=1S/C29H39P2.C5H5.Fe/c1-21-13-17-24(18-14-21)30(25-19-15-22(2)16-20-25)27-12-10-11-26(27)23(3)31(28(4,5)6)29(7,8)9;1-2-4-5-3-1;/h10-20,23H,1-9H3;1-5H;/q2*-1;+2. The Balaban J connectivity index is 0.000000716. The molecule has 0 radical (unpaired) electrons. The molecule has 0 aliphatic heterocycles. The van der Waals surface area contributed by atoms with Crippen molar-refractivity contribution >= 4 is 31.8 Å². The van der Waals surface area contributed by atoms with Crippen LogP contribution in [0, 0.1) is 13.8 Å². The first-order valence-electron chi connectivity index (χ1n) is 13.0. The predicted octanol–water partition coefficient (Wildman–Crippen LogP) is 9.32. The zero-order valence-corrected chi connectivity index (χ0v) is 27.0. The Hall–Kier alpha value is -1.48. The van der Waals surface area contributed by atoms with Crippen LogP contribution in [-0.4, -0.2) is 10.3 Å². The first-order valence-corrected chi connectivity index (χ1v) is 15.8. The van der Waals surface area contributed by atoms with Crippen LogP contribution in [0.15, 0.2) is 97.1 Å².